The molecular formula is C27H50O6. The summed E-state index contributed by atoms with van der Waals surface area (Å²) in [6.07, 6.45) is 17.8. The molecule has 194 valence electrons. The van der Waals surface area contributed by atoms with Gasteiger partial charge in [-0.3, -0.25) is 14.4 Å². The lowest BCUT2D eigenvalue weighted by Gasteiger charge is -2.20. The Morgan fingerprint density at radius 2 is 0.970 bits per heavy atom. The van der Waals surface area contributed by atoms with Gasteiger partial charge in [0, 0.05) is 0 Å². The van der Waals surface area contributed by atoms with Crippen molar-refractivity contribution >= 4 is 17.9 Å². The zero-order valence-electron chi connectivity index (χ0n) is 21.6. The molecule has 33 heavy (non-hydrogen) atoms. The number of hydrogen-bond donors (Lipinski definition) is 1. The van der Waals surface area contributed by atoms with Crippen molar-refractivity contribution in [3.05, 3.63) is 0 Å². The summed E-state index contributed by atoms with van der Waals surface area (Å²) in [7, 11) is 0. The maximum atomic E-state index is 12.5. The predicted octanol–water partition coefficient (Wildman–Crippen LogP) is 7.08. The molecular weight excluding hydrogens is 420 g/mol. The Morgan fingerprint density at radius 1 is 0.606 bits per heavy atom. The van der Waals surface area contributed by atoms with Gasteiger partial charge in [-0.05, 0) is 12.8 Å². The third-order valence-electron chi connectivity index (χ3n) is 6.16. The van der Waals surface area contributed by atoms with Gasteiger partial charge in [-0.25, -0.2) is 0 Å². The fraction of sp³-hybridized carbons (Fsp3) is 0.889. The first kappa shape index (κ1) is 31.4. The Hall–Kier alpha value is -1.59. The molecule has 0 heterocycles. The van der Waals surface area contributed by atoms with E-state index in [9.17, 15) is 19.5 Å². The molecule has 6 nitrogen and oxygen atoms in total. The van der Waals surface area contributed by atoms with Crippen LogP contribution in [0.1, 0.15) is 130 Å². The molecule has 0 aromatic heterocycles. The van der Waals surface area contributed by atoms with Crippen molar-refractivity contribution in [2.75, 3.05) is 13.2 Å². The molecule has 0 aromatic rings. The number of carboxylic acids is 1. The quantitative estimate of drug-likeness (QED) is 0.127. The summed E-state index contributed by atoms with van der Waals surface area (Å²) in [5.41, 5.74) is 0. The normalized spacial score (nSPS) is 12.8. The van der Waals surface area contributed by atoms with Crippen LogP contribution in [0.25, 0.3) is 0 Å². The van der Waals surface area contributed by atoms with Gasteiger partial charge < -0.3 is 14.6 Å². The molecule has 0 saturated carbocycles. The Bertz CT molecular complexity index is 505. The average Bonchev–Trinajstić information content (AvgIpc) is 2.79. The molecule has 0 radical (unpaired) electrons. The van der Waals surface area contributed by atoms with Gasteiger partial charge in [-0.1, -0.05) is 111 Å². The van der Waals surface area contributed by atoms with Crippen molar-refractivity contribution in [3.8, 4) is 0 Å². The highest BCUT2D eigenvalue weighted by Crippen LogP contribution is 2.20. The summed E-state index contributed by atoms with van der Waals surface area (Å²) in [5, 5.41) is 9.18. The first-order chi connectivity index (χ1) is 15.9. The van der Waals surface area contributed by atoms with Gasteiger partial charge in [0.2, 0.25) is 0 Å². The molecule has 0 aliphatic rings. The molecule has 0 saturated heterocycles. The van der Waals surface area contributed by atoms with Crippen LogP contribution in [0.5, 0.6) is 0 Å². The summed E-state index contributed by atoms with van der Waals surface area (Å²) >= 11 is 0. The molecule has 0 aliphatic heterocycles. The number of ether oxygens (including phenoxy) is 2. The molecule has 0 spiro atoms. The molecule has 0 amide bonds. The van der Waals surface area contributed by atoms with Gasteiger partial charge in [0.25, 0.3) is 0 Å². The summed E-state index contributed by atoms with van der Waals surface area (Å²) in [4.78, 5) is 36.1. The maximum Gasteiger partial charge on any atom is 0.310 e. The smallest absolute Gasteiger partial charge is 0.310 e. The van der Waals surface area contributed by atoms with Crippen LogP contribution in [-0.4, -0.2) is 36.2 Å². The van der Waals surface area contributed by atoms with Gasteiger partial charge in [0.1, 0.15) is 0 Å². The number of aliphatic carboxylic acids is 1. The third kappa shape index (κ3) is 18.5. The van der Waals surface area contributed by atoms with E-state index in [0.717, 1.165) is 38.5 Å². The van der Waals surface area contributed by atoms with E-state index in [1.54, 1.807) is 6.92 Å². The van der Waals surface area contributed by atoms with Crippen molar-refractivity contribution in [3.63, 3.8) is 0 Å². The largest absolute Gasteiger partial charge is 0.481 e. The minimum Gasteiger partial charge on any atom is -0.481 e. The van der Waals surface area contributed by atoms with Gasteiger partial charge in [0.15, 0.2) is 0 Å². The molecule has 1 N–H and O–H groups in total. The first-order valence-corrected chi connectivity index (χ1v) is 13.5. The van der Waals surface area contributed by atoms with Crippen LogP contribution in [0.15, 0.2) is 0 Å². The van der Waals surface area contributed by atoms with Gasteiger partial charge in [-0.15, -0.1) is 0 Å². The van der Waals surface area contributed by atoms with Crippen molar-refractivity contribution in [1.29, 1.82) is 0 Å². The molecule has 6 heteroatoms. The molecule has 0 fully saturated rings. The topological polar surface area (TPSA) is 89.9 Å². The van der Waals surface area contributed by atoms with Crippen molar-refractivity contribution in [2.24, 2.45) is 11.8 Å². The third-order valence-corrected chi connectivity index (χ3v) is 6.16. The average molecular weight is 471 g/mol. The Morgan fingerprint density at radius 3 is 1.36 bits per heavy atom. The second-order valence-corrected chi connectivity index (χ2v) is 9.28. The van der Waals surface area contributed by atoms with Crippen LogP contribution < -0.4 is 0 Å². The lowest BCUT2D eigenvalue weighted by Crippen LogP contribution is -2.32. The zero-order valence-corrected chi connectivity index (χ0v) is 21.6. The molecule has 0 aromatic carbocycles. The van der Waals surface area contributed by atoms with Crippen molar-refractivity contribution in [1.82, 2.24) is 0 Å². The minimum absolute atomic E-state index is 0.268. The second-order valence-electron chi connectivity index (χ2n) is 9.28. The Kier molecular flexibility index (Phi) is 21.1. The van der Waals surface area contributed by atoms with E-state index in [4.69, 9.17) is 9.47 Å². The predicted molar refractivity (Wildman–Crippen MR) is 132 cm³/mol. The summed E-state index contributed by atoms with van der Waals surface area (Å²) in [6, 6.07) is 0. The zero-order chi connectivity index (χ0) is 24.7. The van der Waals surface area contributed by atoms with Crippen LogP contribution in [0.2, 0.25) is 0 Å². The van der Waals surface area contributed by atoms with Crippen LogP contribution >= 0.6 is 0 Å². The van der Waals surface area contributed by atoms with E-state index in [1.807, 2.05) is 0 Å². The number of carbonyl (C=O) groups is 3. The van der Waals surface area contributed by atoms with Gasteiger partial charge in [0.05, 0.1) is 31.5 Å². The lowest BCUT2D eigenvalue weighted by molar-refractivity contribution is -0.162. The van der Waals surface area contributed by atoms with Crippen LogP contribution in [0.3, 0.4) is 0 Å². The highest BCUT2D eigenvalue weighted by molar-refractivity contribution is 5.85. The number of esters is 2. The summed E-state index contributed by atoms with van der Waals surface area (Å²) < 4.78 is 10.6. The van der Waals surface area contributed by atoms with Crippen molar-refractivity contribution < 1.29 is 29.0 Å². The van der Waals surface area contributed by atoms with E-state index >= 15 is 0 Å². The standard InChI is InChI=1S/C27H50O6/c1-4-6-8-10-12-14-16-18-20-32-26(30)23(3)24(22-25(28)29)27(31)33-21-19-17-15-13-11-9-7-5-2/h23-24H,4-22H2,1-3H3,(H,28,29). The fourth-order valence-corrected chi connectivity index (χ4v) is 3.87. The molecule has 0 aliphatic carbocycles. The van der Waals surface area contributed by atoms with Crippen LogP contribution in [-0.2, 0) is 23.9 Å². The van der Waals surface area contributed by atoms with E-state index in [2.05, 4.69) is 13.8 Å². The van der Waals surface area contributed by atoms with Crippen LogP contribution in [0, 0.1) is 11.8 Å². The Balaban J connectivity index is 4.14. The Labute approximate surface area is 202 Å². The number of carbonyl (C=O) groups excluding carboxylic acids is 2. The number of unbranched alkanes of at least 4 members (excludes halogenated alkanes) is 14. The maximum absolute atomic E-state index is 12.5. The highest BCUT2D eigenvalue weighted by Gasteiger charge is 2.34. The molecule has 2 unspecified atom stereocenters. The van der Waals surface area contributed by atoms with Gasteiger partial charge in [-0.2, -0.15) is 0 Å². The van der Waals surface area contributed by atoms with E-state index in [1.165, 1.54) is 64.2 Å². The van der Waals surface area contributed by atoms with Crippen molar-refractivity contribution in [2.45, 2.75) is 130 Å². The van der Waals surface area contributed by atoms with E-state index in [-0.39, 0.29) is 6.61 Å². The van der Waals surface area contributed by atoms with E-state index < -0.39 is 36.2 Å². The van der Waals surface area contributed by atoms with Gasteiger partial charge >= 0.3 is 17.9 Å². The molecule has 0 bridgehead atoms. The van der Waals surface area contributed by atoms with E-state index in [0.29, 0.717) is 6.61 Å². The number of rotatable bonds is 23. The number of hydrogen-bond acceptors (Lipinski definition) is 5. The SMILES string of the molecule is CCCCCCCCCCOC(=O)C(C)C(CC(=O)O)C(=O)OCCCCCCCCCC. The molecule has 0 rings (SSSR count). The fourth-order valence-electron chi connectivity index (χ4n) is 3.87. The van der Waals surface area contributed by atoms with Crippen LogP contribution in [0.4, 0.5) is 0 Å². The molecule has 2 atom stereocenters. The summed E-state index contributed by atoms with van der Waals surface area (Å²) in [6.45, 7) is 6.54. The highest BCUT2D eigenvalue weighted by atomic mass is 16.5. The monoisotopic (exact) mass is 470 g/mol. The number of carboxylic acid groups (broad SMARTS) is 1. The lowest BCUT2D eigenvalue weighted by atomic mass is 9.91. The summed E-state index contributed by atoms with van der Waals surface area (Å²) in [5.74, 6) is -4.10. The second kappa shape index (κ2) is 22.2. The first-order valence-electron chi connectivity index (χ1n) is 13.5. The minimum atomic E-state index is -1.12.